The molecule has 0 saturated carbocycles. The SMILES string of the molecule is CCCc1ccc2sc(SSc3nc4cc(CCC)ccc4s3)nc2c1. The van der Waals surface area contributed by atoms with Crippen molar-refractivity contribution in [2.24, 2.45) is 0 Å². The van der Waals surface area contributed by atoms with Crippen LogP contribution in [-0.2, 0) is 12.8 Å². The van der Waals surface area contributed by atoms with E-state index in [1.807, 2.05) is 0 Å². The van der Waals surface area contributed by atoms with Gasteiger partial charge in [-0.15, -0.1) is 22.7 Å². The molecule has 0 atom stereocenters. The maximum atomic E-state index is 4.80. The predicted molar refractivity (Wildman–Crippen MR) is 119 cm³/mol. The molecule has 6 heteroatoms. The second-order valence-corrected chi connectivity index (χ2v) is 10.9. The highest BCUT2D eigenvalue weighted by Crippen LogP contribution is 2.43. The number of aromatic nitrogens is 2. The quantitative estimate of drug-likeness (QED) is 0.289. The van der Waals surface area contributed by atoms with E-state index in [1.54, 1.807) is 44.3 Å². The van der Waals surface area contributed by atoms with Crippen LogP contribution in [0, 0.1) is 0 Å². The van der Waals surface area contributed by atoms with Gasteiger partial charge in [0.1, 0.15) is 0 Å². The fourth-order valence-corrected chi connectivity index (χ4v) is 7.39. The molecule has 0 amide bonds. The molecule has 2 heterocycles. The van der Waals surface area contributed by atoms with Gasteiger partial charge in [0, 0.05) is 0 Å². The minimum atomic E-state index is 1.10. The van der Waals surface area contributed by atoms with Crippen LogP contribution in [0.1, 0.15) is 37.8 Å². The van der Waals surface area contributed by atoms with Crippen LogP contribution in [0.3, 0.4) is 0 Å². The van der Waals surface area contributed by atoms with Crippen molar-refractivity contribution >= 4 is 64.7 Å². The lowest BCUT2D eigenvalue weighted by atomic mass is 10.1. The van der Waals surface area contributed by atoms with Gasteiger partial charge in [0.15, 0.2) is 8.68 Å². The molecule has 0 aliphatic rings. The first-order valence-electron chi connectivity index (χ1n) is 8.88. The molecule has 0 aliphatic carbocycles. The zero-order chi connectivity index (χ0) is 17.9. The van der Waals surface area contributed by atoms with Crippen LogP contribution in [0.4, 0.5) is 0 Å². The van der Waals surface area contributed by atoms with E-state index >= 15 is 0 Å². The molecule has 0 spiro atoms. The van der Waals surface area contributed by atoms with Gasteiger partial charge in [0.2, 0.25) is 0 Å². The van der Waals surface area contributed by atoms with Gasteiger partial charge in [-0.2, -0.15) is 0 Å². The van der Waals surface area contributed by atoms with Crippen molar-refractivity contribution in [3.8, 4) is 0 Å². The maximum absolute atomic E-state index is 4.80. The van der Waals surface area contributed by atoms with Crippen LogP contribution in [0.15, 0.2) is 45.1 Å². The van der Waals surface area contributed by atoms with Crippen LogP contribution in [-0.4, -0.2) is 9.97 Å². The second kappa shape index (κ2) is 8.30. The lowest BCUT2D eigenvalue weighted by Gasteiger charge is -1.96. The standard InChI is InChI=1S/C20H20N2S4/c1-3-5-13-7-9-17-15(11-13)21-19(23-17)25-26-20-22-16-12-14(6-4-2)8-10-18(16)24-20/h7-12H,3-6H2,1-2H3. The Bertz CT molecular complexity index is 951. The number of benzene rings is 2. The van der Waals surface area contributed by atoms with E-state index in [1.165, 1.54) is 33.4 Å². The van der Waals surface area contributed by atoms with Gasteiger partial charge in [0.05, 0.1) is 20.4 Å². The number of fused-ring (bicyclic) bond motifs is 2. The first-order chi connectivity index (χ1) is 12.7. The number of rotatable bonds is 7. The largest absolute Gasteiger partial charge is 0.229 e. The van der Waals surface area contributed by atoms with Crippen LogP contribution >= 0.6 is 44.3 Å². The maximum Gasteiger partial charge on any atom is 0.162 e. The van der Waals surface area contributed by atoms with Gasteiger partial charge in [-0.25, -0.2) is 9.97 Å². The zero-order valence-corrected chi connectivity index (χ0v) is 18.1. The van der Waals surface area contributed by atoms with E-state index in [0.29, 0.717) is 0 Å². The van der Waals surface area contributed by atoms with E-state index in [-0.39, 0.29) is 0 Å². The molecule has 2 aromatic heterocycles. The Labute approximate surface area is 169 Å². The van der Waals surface area contributed by atoms with Crippen molar-refractivity contribution in [2.45, 2.75) is 48.2 Å². The van der Waals surface area contributed by atoms with Crippen LogP contribution in [0.2, 0.25) is 0 Å². The molecular formula is C20H20N2S4. The monoisotopic (exact) mass is 416 g/mol. The molecule has 0 unspecified atom stereocenters. The number of hydrogen-bond acceptors (Lipinski definition) is 6. The Balaban J connectivity index is 1.49. The number of aryl methyl sites for hydroxylation is 2. The van der Waals surface area contributed by atoms with Gasteiger partial charge in [-0.05, 0) is 69.8 Å². The van der Waals surface area contributed by atoms with Gasteiger partial charge in [-0.3, -0.25) is 0 Å². The summed E-state index contributed by atoms with van der Waals surface area (Å²) in [5.74, 6) is 0. The third kappa shape index (κ3) is 4.09. The first-order valence-corrected chi connectivity index (χ1v) is 12.7. The summed E-state index contributed by atoms with van der Waals surface area (Å²) in [7, 11) is 3.44. The molecule has 2 nitrogen and oxygen atoms in total. The lowest BCUT2D eigenvalue weighted by Crippen LogP contribution is -1.81. The molecule has 2 aromatic carbocycles. The highest BCUT2D eigenvalue weighted by atomic mass is 33.1. The summed E-state index contributed by atoms with van der Waals surface area (Å²) in [5, 5.41) is 0. The topological polar surface area (TPSA) is 25.8 Å². The lowest BCUT2D eigenvalue weighted by molar-refractivity contribution is 0.923. The van der Waals surface area contributed by atoms with Crippen molar-refractivity contribution in [2.75, 3.05) is 0 Å². The summed E-state index contributed by atoms with van der Waals surface area (Å²) < 4.78 is 4.73. The molecular weight excluding hydrogens is 397 g/mol. The highest BCUT2D eigenvalue weighted by molar-refractivity contribution is 8.77. The Hall–Kier alpha value is -1.08. The zero-order valence-electron chi connectivity index (χ0n) is 14.8. The van der Waals surface area contributed by atoms with Crippen LogP contribution < -0.4 is 0 Å². The summed E-state index contributed by atoms with van der Waals surface area (Å²) in [5.41, 5.74) is 5.00. The fraction of sp³-hybridized carbons (Fsp3) is 0.300. The van der Waals surface area contributed by atoms with Gasteiger partial charge < -0.3 is 0 Å². The van der Waals surface area contributed by atoms with E-state index in [4.69, 9.17) is 9.97 Å². The molecule has 134 valence electrons. The summed E-state index contributed by atoms with van der Waals surface area (Å²) in [6.07, 6.45) is 4.59. The highest BCUT2D eigenvalue weighted by Gasteiger charge is 2.10. The molecule has 0 N–H and O–H groups in total. The minimum absolute atomic E-state index is 1.10. The van der Waals surface area contributed by atoms with Gasteiger partial charge in [0.25, 0.3) is 0 Å². The summed E-state index contributed by atoms with van der Waals surface area (Å²) in [4.78, 5) is 9.60. The third-order valence-electron chi connectivity index (χ3n) is 4.13. The number of nitrogens with zero attached hydrogens (tertiary/aromatic N) is 2. The fourth-order valence-electron chi connectivity index (χ4n) is 2.93. The van der Waals surface area contributed by atoms with Crippen molar-refractivity contribution in [1.82, 2.24) is 9.97 Å². The average Bonchev–Trinajstić information content (AvgIpc) is 3.22. The van der Waals surface area contributed by atoms with E-state index in [9.17, 15) is 0 Å². The van der Waals surface area contributed by atoms with E-state index in [2.05, 4.69) is 50.2 Å². The van der Waals surface area contributed by atoms with Crippen LogP contribution in [0.5, 0.6) is 0 Å². The molecule has 4 aromatic rings. The Morgan fingerprint density at radius 3 is 1.62 bits per heavy atom. The molecule has 0 bridgehead atoms. The van der Waals surface area contributed by atoms with Gasteiger partial charge in [-0.1, -0.05) is 38.8 Å². The normalized spacial score (nSPS) is 11.6. The minimum Gasteiger partial charge on any atom is -0.229 e. The molecule has 0 saturated heterocycles. The Morgan fingerprint density at radius 1 is 0.731 bits per heavy atom. The summed E-state index contributed by atoms with van der Waals surface area (Å²) in [6.45, 7) is 4.43. The smallest absolute Gasteiger partial charge is 0.162 e. The van der Waals surface area contributed by atoms with E-state index in [0.717, 1.165) is 32.6 Å². The molecule has 0 fully saturated rings. The molecule has 0 aliphatic heterocycles. The number of thiazole rings is 2. The first kappa shape index (κ1) is 18.3. The van der Waals surface area contributed by atoms with Crippen molar-refractivity contribution in [1.29, 1.82) is 0 Å². The number of hydrogen-bond donors (Lipinski definition) is 0. The summed E-state index contributed by atoms with van der Waals surface area (Å²) in [6, 6.07) is 13.3. The predicted octanol–water partition coefficient (Wildman–Crippen LogP) is 7.61. The Kier molecular flexibility index (Phi) is 5.84. The van der Waals surface area contributed by atoms with Crippen molar-refractivity contribution in [3.05, 3.63) is 47.5 Å². The van der Waals surface area contributed by atoms with Gasteiger partial charge >= 0.3 is 0 Å². The molecule has 26 heavy (non-hydrogen) atoms. The van der Waals surface area contributed by atoms with Crippen molar-refractivity contribution < 1.29 is 0 Å². The van der Waals surface area contributed by atoms with E-state index < -0.39 is 0 Å². The van der Waals surface area contributed by atoms with Crippen LogP contribution in [0.25, 0.3) is 20.4 Å². The summed E-state index contributed by atoms with van der Waals surface area (Å²) >= 11 is 3.53. The second-order valence-electron chi connectivity index (χ2n) is 6.23. The molecule has 0 radical (unpaired) electrons. The Morgan fingerprint density at radius 2 is 1.19 bits per heavy atom. The molecule has 4 rings (SSSR count). The third-order valence-corrected chi connectivity index (χ3v) is 9.17. The average molecular weight is 417 g/mol. The van der Waals surface area contributed by atoms with Crippen molar-refractivity contribution in [3.63, 3.8) is 0 Å².